The van der Waals surface area contributed by atoms with Crippen molar-refractivity contribution in [2.45, 2.75) is 13.8 Å². The molecular formula is C10H10O2S. The molecule has 0 aliphatic heterocycles. The van der Waals surface area contributed by atoms with Crippen LogP contribution < -0.4 is 0 Å². The molecule has 1 heterocycles. The van der Waals surface area contributed by atoms with Crippen molar-refractivity contribution in [2.24, 2.45) is 5.92 Å². The van der Waals surface area contributed by atoms with Crippen molar-refractivity contribution in [3.63, 3.8) is 0 Å². The van der Waals surface area contributed by atoms with Gasteiger partial charge in [-0.15, -0.1) is 11.3 Å². The number of rotatable bonds is 1. The summed E-state index contributed by atoms with van der Waals surface area (Å²) >= 11 is 1.21. The maximum Gasteiger partial charge on any atom is 0.347 e. The Kier molecular flexibility index (Phi) is 3.10. The molecule has 0 fully saturated rings. The second kappa shape index (κ2) is 4.11. The van der Waals surface area contributed by atoms with Crippen molar-refractivity contribution < 1.29 is 9.90 Å². The van der Waals surface area contributed by atoms with Gasteiger partial charge in [0.15, 0.2) is 0 Å². The number of hydrogen-bond donors (Lipinski definition) is 1. The van der Waals surface area contributed by atoms with Gasteiger partial charge in [-0.05, 0) is 11.4 Å². The second-order valence-electron chi connectivity index (χ2n) is 2.89. The molecule has 68 valence electrons. The van der Waals surface area contributed by atoms with Gasteiger partial charge in [0.25, 0.3) is 0 Å². The standard InChI is InChI=1S/C10H10O2S/c1-7(2)3-4-8-5-6-13-9(8)10(11)12/h5-7H,1-2H3,(H,11,12). The molecule has 0 saturated carbocycles. The van der Waals surface area contributed by atoms with E-state index in [2.05, 4.69) is 11.8 Å². The van der Waals surface area contributed by atoms with Crippen LogP contribution in [0.2, 0.25) is 0 Å². The first-order valence-electron chi connectivity index (χ1n) is 3.93. The molecule has 0 aliphatic carbocycles. The maximum absolute atomic E-state index is 10.7. The Morgan fingerprint density at radius 1 is 1.62 bits per heavy atom. The van der Waals surface area contributed by atoms with E-state index in [1.165, 1.54) is 11.3 Å². The molecule has 3 heteroatoms. The predicted molar refractivity (Wildman–Crippen MR) is 53.0 cm³/mol. The van der Waals surface area contributed by atoms with E-state index in [-0.39, 0.29) is 5.92 Å². The summed E-state index contributed by atoms with van der Waals surface area (Å²) in [6.07, 6.45) is 0. The number of aromatic carboxylic acids is 1. The van der Waals surface area contributed by atoms with E-state index < -0.39 is 5.97 Å². The topological polar surface area (TPSA) is 37.3 Å². The van der Waals surface area contributed by atoms with Gasteiger partial charge in [-0.3, -0.25) is 0 Å². The lowest BCUT2D eigenvalue weighted by molar-refractivity contribution is 0.0702. The molecule has 1 rings (SSSR count). The predicted octanol–water partition coefficient (Wildman–Crippen LogP) is 2.45. The number of carbonyl (C=O) groups is 1. The molecule has 0 radical (unpaired) electrons. The van der Waals surface area contributed by atoms with Crippen LogP contribution >= 0.6 is 11.3 Å². The minimum Gasteiger partial charge on any atom is -0.477 e. The van der Waals surface area contributed by atoms with E-state index in [0.717, 1.165) is 0 Å². The molecule has 1 N–H and O–H groups in total. The zero-order chi connectivity index (χ0) is 9.84. The highest BCUT2D eigenvalue weighted by atomic mass is 32.1. The third kappa shape index (κ3) is 2.60. The molecule has 0 unspecified atom stereocenters. The number of carboxylic acids is 1. The fourth-order valence-electron chi connectivity index (χ4n) is 0.795. The molecular weight excluding hydrogens is 184 g/mol. The highest BCUT2D eigenvalue weighted by molar-refractivity contribution is 7.12. The molecule has 13 heavy (non-hydrogen) atoms. The van der Waals surface area contributed by atoms with E-state index in [4.69, 9.17) is 5.11 Å². The SMILES string of the molecule is CC(C)C#Cc1ccsc1C(=O)O. The first-order valence-corrected chi connectivity index (χ1v) is 4.81. The average Bonchev–Trinajstić information content (AvgIpc) is 2.47. The summed E-state index contributed by atoms with van der Waals surface area (Å²) in [5.41, 5.74) is 0.617. The van der Waals surface area contributed by atoms with Crippen molar-refractivity contribution in [1.82, 2.24) is 0 Å². The minimum absolute atomic E-state index is 0.265. The molecule has 0 atom stereocenters. The third-order valence-electron chi connectivity index (χ3n) is 1.35. The number of hydrogen-bond acceptors (Lipinski definition) is 2. The maximum atomic E-state index is 10.7. The lowest BCUT2D eigenvalue weighted by Crippen LogP contribution is -1.94. The molecule has 0 aliphatic rings. The summed E-state index contributed by atoms with van der Waals surface area (Å²) in [6.45, 7) is 3.94. The zero-order valence-electron chi connectivity index (χ0n) is 7.50. The van der Waals surface area contributed by atoms with Crippen molar-refractivity contribution in [3.05, 3.63) is 21.9 Å². The van der Waals surface area contributed by atoms with Crippen LogP contribution in [0.3, 0.4) is 0 Å². The van der Waals surface area contributed by atoms with Crippen LogP contribution in [0, 0.1) is 17.8 Å². The van der Waals surface area contributed by atoms with Gasteiger partial charge < -0.3 is 5.11 Å². The van der Waals surface area contributed by atoms with Crippen LogP contribution in [0.15, 0.2) is 11.4 Å². The van der Waals surface area contributed by atoms with Crippen LogP contribution in [-0.4, -0.2) is 11.1 Å². The summed E-state index contributed by atoms with van der Waals surface area (Å²) in [4.78, 5) is 11.0. The molecule has 1 aromatic rings. The van der Waals surface area contributed by atoms with Crippen molar-refractivity contribution in [1.29, 1.82) is 0 Å². The average molecular weight is 194 g/mol. The van der Waals surface area contributed by atoms with Crippen LogP contribution in [0.25, 0.3) is 0 Å². The van der Waals surface area contributed by atoms with Crippen LogP contribution in [0.5, 0.6) is 0 Å². The fraction of sp³-hybridized carbons (Fsp3) is 0.300. The van der Waals surface area contributed by atoms with E-state index in [1.807, 2.05) is 13.8 Å². The third-order valence-corrected chi connectivity index (χ3v) is 2.26. The molecule has 2 nitrogen and oxygen atoms in total. The van der Waals surface area contributed by atoms with Gasteiger partial charge in [0.2, 0.25) is 0 Å². The Balaban J connectivity index is 2.97. The largest absolute Gasteiger partial charge is 0.477 e. The van der Waals surface area contributed by atoms with Crippen molar-refractivity contribution in [3.8, 4) is 11.8 Å². The quantitative estimate of drug-likeness (QED) is 0.697. The molecule has 0 bridgehead atoms. The van der Waals surface area contributed by atoms with Crippen LogP contribution in [0.1, 0.15) is 29.1 Å². The second-order valence-corrected chi connectivity index (χ2v) is 3.81. The normalized spacial score (nSPS) is 9.46. The first-order chi connectivity index (χ1) is 6.11. The van der Waals surface area contributed by atoms with E-state index in [1.54, 1.807) is 11.4 Å². The minimum atomic E-state index is -0.900. The highest BCUT2D eigenvalue weighted by Crippen LogP contribution is 2.15. The first kappa shape index (κ1) is 9.82. The summed E-state index contributed by atoms with van der Waals surface area (Å²) in [5, 5.41) is 10.5. The molecule has 1 aromatic heterocycles. The van der Waals surface area contributed by atoms with Crippen molar-refractivity contribution >= 4 is 17.3 Å². The van der Waals surface area contributed by atoms with E-state index in [9.17, 15) is 4.79 Å². The number of carboxylic acid groups (broad SMARTS) is 1. The lowest BCUT2D eigenvalue weighted by atomic mass is 10.2. The Labute approximate surface area is 81.2 Å². The van der Waals surface area contributed by atoms with Crippen LogP contribution in [-0.2, 0) is 0 Å². The Morgan fingerprint density at radius 3 is 2.85 bits per heavy atom. The van der Waals surface area contributed by atoms with Crippen molar-refractivity contribution in [2.75, 3.05) is 0 Å². The molecule has 0 saturated heterocycles. The summed E-state index contributed by atoms with van der Waals surface area (Å²) in [7, 11) is 0. The van der Waals surface area contributed by atoms with Crippen LogP contribution in [0.4, 0.5) is 0 Å². The Bertz CT molecular complexity index is 366. The van der Waals surface area contributed by atoms with E-state index in [0.29, 0.717) is 10.4 Å². The molecule has 0 spiro atoms. The van der Waals surface area contributed by atoms with E-state index >= 15 is 0 Å². The number of thiophene rings is 1. The summed E-state index contributed by atoms with van der Waals surface area (Å²) in [6, 6.07) is 1.74. The Hall–Kier alpha value is -1.27. The lowest BCUT2D eigenvalue weighted by Gasteiger charge is -1.89. The van der Waals surface area contributed by atoms with Gasteiger partial charge in [-0.25, -0.2) is 4.79 Å². The van der Waals surface area contributed by atoms with Gasteiger partial charge in [-0.2, -0.15) is 0 Å². The summed E-state index contributed by atoms with van der Waals surface area (Å²) < 4.78 is 0. The smallest absolute Gasteiger partial charge is 0.347 e. The molecule has 0 amide bonds. The molecule has 0 aromatic carbocycles. The fourth-order valence-corrected chi connectivity index (χ4v) is 1.48. The summed E-state index contributed by atoms with van der Waals surface area (Å²) in [5.74, 6) is 5.16. The van der Waals surface area contributed by atoms with Gasteiger partial charge >= 0.3 is 5.97 Å². The van der Waals surface area contributed by atoms with Gasteiger partial charge in [-0.1, -0.05) is 25.7 Å². The zero-order valence-corrected chi connectivity index (χ0v) is 8.31. The highest BCUT2D eigenvalue weighted by Gasteiger charge is 2.08. The van der Waals surface area contributed by atoms with Gasteiger partial charge in [0, 0.05) is 11.5 Å². The Morgan fingerprint density at radius 2 is 2.31 bits per heavy atom. The van der Waals surface area contributed by atoms with Gasteiger partial charge in [0.1, 0.15) is 4.88 Å². The van der Waals surface area contributed by atoms with Gasteiger partial charge in [0.05, 0.1) is 0 Å². The monoisotopic (exact) mass is 194 g/mol.